The van der Waals surface area contributed by atoms with Crippen LogP contribution in [0.3, 0.4) is 0 Å². The predicted octanol–water partition coefficient (Wildman–Crippen LogP) is 3.24. The quantitative estimate of drug-likeness (QED) is 0.797. The standard InChI is InChI=1S/C14H27NO/c15-13-8-3-1-2-4-9-14(13)16-11-10-12-6-5-7-12/h12-14H,1-11,15H2. The summed E-state index contributed by atoms with van der Waals surface area (Å²) in [6.07, 6.45) is 13.6. The SMILES string of the molecule is NC1CCCCCCC1OCCC1CCC1. The van der Waals surface area contributed by atoms with Crippen LogP contribution in [-0.2, 0) is 4.74 Å². The van der Waals surface area contributed by atoms with Crippen molar-refractivity contribution in [3.8, 4) is 0 Å². The first-order valence-corrected chi connectivity index (χ1v) is 7.23. The van der Waals surface area contributed by atoms with Crippen LogP contribution in [0.4, 0.5) is 0 Å². The number of ether oxygens (including phenoxy) is 1. The minimum absolute atomic E-state index is 0.293. The van der Waals surface area contributed by atoms with Crippen LogP contribution in [0.5, 0.6) is 0 Å². The Hall–Kier alpha value is -0.0800. The van der Waals surface area contributed by atoms with E-state index in [2.05, 4.69) is 0 Å². The number of nitrogens with two attached hydrogens (primary N) is 1. The summed E-state index contributed by atoms with van der Waals surface area (Å²) in [7, 11) is 0. The molecule has 16 heavy (non-hydrogen) atoms. The molecule has 2 saturated carbocycles. The molecule has 0 radical (unpaired) electrons. The molecule has 0 aromatic carbocycles. The lowest BCUT2D eigenvalue weighted by molar-refractivity contribution is 0.0113. The third-order valence-electron chi connectivity index (χ3n) is 4.34. The van der Waals surface area contributed by atoms with Gasteiger partial charge in [-0.05, 0) is 25.2 Å². The molecule has 0 amide bonds. The van der Waals surface area contributed by atoms with E-state index in [0.29, 0.717) is 12.1 Å². The summed E-state index contributed by atoms with van der Waals surface area (Å²) in [5.41, 5.74) is 6.19. The van der Waals surface area contributed by atoms with Crippen molar-refractivity contribution in [2.45, 2.75) is 76.4 Å². The zero-order valence-corrected chi connectivity index (χ0v) is 10.5. The van der Waals surface area contributed by atoms with Crippen LogP contribution in [-0.4, -0.2) is 18.8 Å². The fraction of sp³-hybridized carbons (Fsp3) is 1.00. The molecule has 2 heteroatoms. The van der Waals surface area contributed by atoms with Gasteiger partial charge in [0.05, 0.1) is 6.10 Å². The Bertz CT molecular complexity index is 191. The third kappa shape index (κ3) is 3.74. The van der Waals surface area contributed by atoms with Gasteiger partial charge in [-0.15, -0.1) is 0 Å². The van der Waals surface area contributed by atoms with E-state index in [-0.39, 0.29) is 0 Å². The molecule has 2 rings (SSSR count). The highest BCUT2D eigenvalue weighted by molar-refractivity contribution is 4.76. The van der Waals surface area contributed by atoms with Gasteiger partial charge in [-0.1, -0.05) is 44.9 Å². The smallest absolute Gasteiger partial charge is 0.0725 e. The Morgan fingerprint density at radius 2 is 1.62 bits per heavy atom. The van der Waals surface area contributed by atoms with Gasteiger partial charge in [0.25, 0.3) is 0 Å². The first-order valence-electron chi connectivity index (χ1n) is 7.23. The largest absolute Gasteiger partial charge is 0.377 e. The fourth-order valence-corrected chi connectivity index (χ4v) is 2.85. The van der Waals surface area contributed by atoms with E-state index >= 15 is 0 Å². The average Bonchev–Trinajstić information content (AvgIpc) is 2.19. The van der Waals surface area contributed by atoms with Crippen LogP contribution in [0.1, 0.15) is 64.2 Å². The highest BCUT2D eigenvalue weighted by atomic mass is 16.5. The van der Waals surface area contributed by atoms with Gasteiger partial charge in [-0.3, -0.25) is 0 Å². The van der Waals surface area contributed by atoms with Crippen molar-refractivity contribution in [2.24, 2.45) is 11.7 Å². The molecule has 2 fully saturated rings. The van der Waals surface area contributed by atoms with Crippen molar-refractivity contribution in [3.05, 3.63) is 0 Å². The Kier molecular flexibility index (Phi) is 5.11. The molecule has 0 spiro atoms. The van der Waals surface area contributed by atoms with Crippen LogP contribution in [0.2, 0.25) is 0 Å². The Labute approximate surface area is 99.9 Å². The summed E-state index contributed by atoms with van der Waals surface area (Å²) in [5, 5.41) is 0. The van der Waals surface area contributed by atoms with E-state index in [0.717, 1.165) is 18.9 Å². The first kappa shape index (κ1) is 12.4. The number of hydrogen-bond acceptors (Lipinski definition) is 2. The maximum atomic E-state index is 6.19. The van der Waals surface area contributed by atoms with Gasteiger partial charge in [-0.2, -0.15) is 0 Å². The molecule has 0 aliphatic heterocycles. The van der Waals surface area contributed by atoms with E-state index in [9.17, 15) is 0 Å². The monoisotopic (exact) mass is 225 g/mol. The zero-order chi connectivity index (χ0) is 11.2. The maximum Gasteiger partial charge on any atom is 0.0725 e. The summed E-state index contributed by atoms with van der Waals surface area (Å²) in [5.74, 6) is 0.963. The minimum Gasteiger partial charge on any atom is -0.377 e. The van der Waals surface area contributed by atoms with Gasteiger partial charge in [-0.25, -0.2) is 0 Å². The molecule has 2 nitrogen and oxygen atoms in total. The highest BCUT2D eigenvalue weighted by Crippen LogP contribution is 2.29. The van der Waals surface area contributed by atoms with Crippen molar-refractivity contribution in [1.82, 2.24) is 0 Å². The second kappa shape index (κ2) is 6.61. The van der Waals surface area contributed by atoms with Crippen LogP contribution in [0, 0.1) is 5.92 Å². The molecule has 0 aromatic rings. The molecule has 0 aromatic heterocycles. The van der Waals surface area contributed by atoms with E-state index in [1.54, 1.807) is 0 Å². The summed E-state index contributed by atoms with van der Waals surface area (Å²) >= 11 is 0. The molecule has 0 bridgehead atoms. The van der Waals surface area contributed by atoms with Gasteiger partial charge in [0.2, 0.25) is 0 Å². The highest BCUT2D eigenvalue weighted by Gasteiger charge is 2.21. The van der Waals surface area contributed by atoms with Gasteiger partial charge >= 0.3 is 0 Å². The average molecular weight is 225 g/mol. The van der Waals surface area contributed by atoms with Gasteiger partial charge in [0, 0.05) is 12.6 Å². The minimum atomic E-state index is 0.293. The lowest BCUT2D eigenvalue weighted by Gasteiger charge is -2.29. The molecule has 94 valence electrons. The van der Waals surface area contributed by atoms with Crippen LogP contribution >= 0.6 is 0 Å². The zero-order valence-electron chi connectivity index (χ0n) is 10.5. The maximum absolute atomic E-state index is 6.19. The van der Waals surface area contributed by atoms with Crippen molar-refractivity contribution in [3.63, 3.8) is 0 Å². The summed E-state index contributed by atoms with van der Waals surface area (Å²) in [6, 6.07) is 0.293. The van der Waals surface area contributed by atoms with Crippen molar-refractivity contribution < 1.29 is 4.74 Å². The summed E-state index contributed by atoms with van der Waals surface area (Å²) < 4.78 is 6.01. The molecular formula is C14H27NO. The second-order valence-electron chi connectivity index (χ2n) is 5.65. The van der Waals surface area contributed by atoms with E-state index < -0.39 is 0 Å². The normalized spacial score (nSPS) is 32.8. The topological polar surface area (TPSA) is 35.2 Å². The van der Waals surface area contributed by atoms with Crippen molar-refractivity contribution in [1.29, 1.82) is 0 Å². The molecule has 2 atom stereocenters. The summed E-state index contributed by atoms with van der Waals surface area (Å²) in [4.78, 5) is 0. The molecule has 2 unspecified atom stereocenters. The van der Waals surface area contributed by atoms with Crippen LogP contribution in [0.25, 0.3) is 0 Å². The lowest BCUT2D eigenvalue weighted by Crippen LogP contribution is -2.38. The third-order valence-corrected chi connectivity index (χ3v) is 4.34. The van der Waals surface area contributed by atoms with E-state index in [4.69, 9.17) is 10.5 Å². The molecule has 2 N–H and O–H groups in total. The number of rotatable bonds is 4. The molecule has 0 saturated heterocycles. The molecule has 2 aliphatic carbocycles. The van der Waals surface area contributed by atoms with Crippen LogP contribution < -0.4 is 5.73 Å². The van der Waals surface area contributed by atoms with Gasteiger partial charge in [0.1, 0.15) is 0 Å². The first-order chi connectivity index (χ1) is 7.86. The predicted molar refractivity (Wildman–Crippen MR) is 67.4 cm³/mol. The van der Waals surface area contributed by atoms with Crippen molar-refractivity contribution in [2.75, 3.05) is 6.61 Å². The number of hydrogen-bond donors (Lipinski definition) is 1. The van der Waals surface area contributed by atoms with Crippen LogP contribution in [0.15, 0.2) is 0 Å². The van der Waals surface area contributed by atoms with Gasteiger partial charge in [0.15, 0.2) is 0 Å². The molecule has 2 aliphatic rings. The van der Waals surface area contributed by atoms with E-state index in [1.165, 1.54) is 57.8 Å². The van der Waals surface area contributed by atoms with E-state index in [1.807, 2.05) is 0 Å². The fourth-order valence-electron chi connectivity index (χ4n) is 2.85. The van der Waals surface area contributed by atoms with Gasteiger partial charge < -0.3 is 10.5 Å². The second-order valence-corrected chi connectivity index (χ2v) is 5.65. The summed E-state index contributed by atoms with van der Waals surface area (Å²) in [6.45, 7) is 0.947. The molecule has 0 heterocycles. The Morgan fingerprint density at radius 1 is 0.875 bits per heavy atom. The molecular weight excluding hydrogens is 198 g/mol. The lowest BCUT2D eigenvalue weighted by atomic mass is 9.83. The Morgan fingerprint density at radius 3 is 2.31 bits per heavy atom. The Balaban J connectivity index is 1.63. The van der Waals surface area contributed by atoms with Crippen molar-refractivity contribution >= 4 is 0 Å².